The Morgan fingerprint density at radius 2 is 2.06 bits per heavy atom. The molecule has 31 heavy (non-hydrogen) atoms. The molecule has 0 unspecified atom stereocenters. The third-order valence-corrected chi connectivity index (χ3v) is 7.35. The molecule has 0 spiro atoms. The Morgan fingerprint density at radius 3 is 2.81 bits per heavy atom. The lowest BCUT2D eigenvalue weighted by atomic mass is 9.98. The van der Waals surface area contributed by atoms with Gasteiger partial charge >= 0.3 is 0 Å². The molecule has 0 bridgehead atoms. The third kappa shape index (κ3) is 6.46. The summed E-state index contributed by atoms with van der Waals surface area (Å²) in [5, 5.41) is 3.61. The number of nitrogens with zero attached hydrogens (tertiary/aromatic N) is 1. The van der Waals surface area contributed by atoms with E-state index in [0.29, 0.717) is 53.0 Å². The Hall–Kier alpha value is -2.06. The fourth-order valence-electron chi connectivity index (χ4n) is 3.40. The predicted molar refractivity (Wildman–Crippen MR) is 124 cm³/mol. The van der Waals surface area contributed by atoms with Crippen molar-refractivity contribution in [2.75, 3.05) is 25.0 Å². The van der Waals surface area contributed by atoms with Crippen molar-refractivity contribution < 1.29 is 17.9 Å². The van der Waals surface area contributed by atoms with Crippen LogP contribution in [-0.2, 0) is 20.6 Å². The Labute approximate surface area is 192 Å². The van der Waals surface area contributed by atoms with Gasteiger partial charge in [-0.1, -0.05) is 48.0 Å². The normalized spacial score (nSPS) is 17.2. The van der Waals surface area contributed by atoms with Crippen LogP contribution in [0.4, 0.5) is 5.69 Å². The van der Waals surface area contributed by atoms with Crippen LogP contribution in [0.1, 0.15) is 18.4 Å². The Balaban J connectivity index is 1.65. The van der Waals surface area contributed by atoms with E-state index in [1.165, 1.54) is 10.4 Å². The first-order valence-electron chi connectivity index (χ1n) is 9.85. The number of ether oxygens (including phenoxy) is 1. The standard InChI is InChI=1S/C22H24Cl2N2O4S/c1-2-11-30-20-7-3-6-19(13-20)25-22(27)16-5-4-10-26(14-16)31(28,29)15-17-8-9-18(23)12-21(17)24/h2-3,6-9,12-13,16H,1,4-5,10-11,14-15H2,(H,25,27)/t16-/m1/s1. The van der Waals surface area contributed by atoms with Gasteiger partial charge in [-0.2, -0.15) is 0 Å². The molecule has 2 aromatic carbocycles. The number of carbonyl (C=O) groups is 1. The van der Waals surface area contributed by atoms with E-state index in [1.807, 2.05) is 0 Å². The zero-order valence-electron chi connectivity index (χ0n) is 16.9. The minimum absolute atomic E-state index is 0.131. The lowest BCUT2D eigenvalue weighted by Gasteiger charge is -2.31. The Bertz CT molecular complexity index is 1060. The van der Waals surface area contributed by atoms with Gasteiger partial charge in [0.2, 0.25) is 15.9 Å². The zero-order chi connectivity index (χ0) is 22.4. The number of sulfonamides is 1. The minimum atomic E-state index is -3.63. The average Bonchev–Trinajstić information content (AvgIpc) is 2.74. The average molecular weight is 483 g/mol. The maximum Gasteiger partial charge on any atom is 0.228 e. The van der Waals surface area contributed by atoms with Crippen molar-refractivity contribution in [3.05, 3.63) is 70.7 Å². The van der Waals surface area contributed by atoms with Crippen molar-refractivity contribution in [1.82, 2.24) is 4.31 Å². The molecule has 1 N–H and O–H groups in total. The van der Waals surface area contributed by atoms with Crippen molar-refractivity contribution in [3.8, 4) is 5.75 Å². The summed E-state index contributed by atoms with van der Waals surface area (Å²) in [4.78, 5) is 12.8. The van der Waals surface area contributed by atoms with Gasteiger partial charge in [0, 0.05) is 34.9 Å². The largest absolute Gasteiger partial charge is 0.489 e. The molecule has 166 valence electrons. The van der Waals surface area contributed by atoms with E-state index in [1.54, 1.807) is 42.5 Å². The van der Waals surface area contributed by atoms with Crippen molar-refractivity contribution in [2.24, 2.45) is 5.92 Å². The van der Waals surface area contributed by atoms with E-state index in [4.69, 9.17) is 27.9 Å². The second kappa shape index (κ2) is 10.5. The van der Waals surface area contributed by atoms with Crippen molar-refractivity contribution in [1.29, 1.82) is 0 Å². The molecule has 1 amide bonds. The van der Waals surface area contributed by atoms with Crippen LogP contribution in [0, 0.1) is 5.92 Å². The molecule has 0 aromatic heterocycles. The molecule has 1 saturated heterocycles. The number of rotatable bonds is 8. The molecule has 3 rings (SSSR count). The summed E-state index contributed by atoms with van der Waals surface area (Å²) in [7, 11) is -3.63. The van der Waals surface area contributed by atoms with E-state index in [0.717, 1.165) is 0 Å². The topological polar surface area (TPSA) is 75.7 Å². The summed E-state index contributed by atoms with van der Waals surface area (Å²) < 4.78 is 32.7. The molecule has 1 heterocycles. The third-order valence-electron chi connectivity index (χ3n) is 4.97. The van der Waals surface area contributed by atoms with E-state index < -0.39 is 15.9 Å². The van der Waals surface area contributed by atoms with E-state index in [9.17, 15) is 13.2 Å². The summed E-state index contributed by atoms with van der Waals surface area (Å²) in [5.74, 6) is -0.280. The number of piperidine rings is 1. The summed E-state index contributed by atoms with van der Waals surface area (Å²) in [6.45, 7) is 4.48. The SMILES string of the molecule is C=CCOc1cccc(NC(=O)[C@@H]2CCCN(S(=O)(=O)Cc3ccc(Cl)cc3Cl)C2)c1. The lowest BCUT2D eigenvalue weighted by Crippen LogP contribution is -2.44. The highest BCUT2D eigenvalue weighted by Gasteiger charge is 2.32. The first-order valence-corrected chi connectivity index (χ1v) is 12.2. The number of amides is 1. The number of halogens is 2. The highest BCUT2D eigenvalue weighted by molar-refractivity contribution is 7.88. The van der Waals surface area contributed by atoms with Gasteiger partial charge in [0.05, 0.1) is 11.7 Å². The smallest absolute Gasteiger partial charge is 0.228 e. The second-order valence-electron chi connectivity index (χ2n) is 7.31. The summed E-state index contributed by atoms with van der Waals surface area (Å²) in [6.07, 6.45) is 2.86. The van der Waals surface area contributed by atoms with Crippen LogP contribution in [0.5, 0.6) is 5.75 Å². The van der Waals surface area contributed by atoms with E-state index in [2.05, 4.69) is 11.9 Å². The van der Waals surface area contributed by atoms with E-state index in [-0.39, 0.29) is 18.2 Å². The van der Waals surface area contributed by atoms with Crippen LogP contribution in [0.15, 0.2) is 55.1 Å². The minimum Gasteiger partial charge on any atom is -0.489 e. The number of hydrogen-bond acceptors (Lipinski definition) is 4. The Morgan fingerprint density at radius 1 is 1.26 bits per heavy atom. The molecule has 0 saturated carbocycles. The van der Waals surface area contributed by atoms with Crippen LogP contribution in [-0.4, -0.2) is 38.3 Å². The maximum absolute atomic E-state index is 12.9. The lowest BCUT2D eigenvalue weighted by molar-refractivity contribution is -0.120. The molecule has 1 aliphatic heterocycles. The van der Waals surface area contributed by atoms with Crippen LogP contribution in [0.2, 0.25) is 10.0 Å². The summed E-state index contributed by atoms with van der Waals surface area (Å²) in [5.41, 5.74) is 1.08. The second-order valence-corrected chi connectivity index (χ2v) is 10.1. The summed E-state index contributed by atoms with van der Waals surface area (Å²) >= 11 is 12.0. The molecule has 1 fully saturated rings. The number of nitrogens with one attached hydrogen (secondary N) is 1. The van der Waals surface area contributed by atoms with Crippen molar-refractivity contribution in [2.45, 2.75) is 18.6 Å². The number of hydrogen-bond donors (Lipinski definition) is 1. The molecular formula is C22H24Cl2N2O4S. The number of carbonyl (C=O) groups excluding carboxylic acids is 1. The first kappa shape index (κ1) is 23.6. The van der Waals surface area contributed by atoms with Gasteiger partial charge in [-0.3, -0.25) is 4.79 Å². The van der Waals surface area contributed by atoms with Crippen LogP contribution in [0.3, 0.4) is 0 Å². The molecule has 1 aliphatic rings. The maximum atomic E-state index is 12.9. The first-order chi connectivity index (χ1) is 14.8. The fourth-order valence-corrected chi connectivity index (χ4v) is 5.59. The molecule has 6 nitrogen and oxygen atoms in total. The molecule has 0 aliphatic carbocycles. The highest BCUT2D eigenvalue weighted by Crippen LogP contribution is 2.27. The monoisotopic (exact) mass is 482 g/mol. The fraction of sp³-hybridized carbons (Fsp3) is 0.318. The molecule has 2 aromatic rings. The van der Waals surface area contributed by atoms with Gasteiger partial charge in [-0.25, -0.2) is 12.7 Å². The van der Waals surface area contributed by atoms with Crippen LogP contribution in [0.25, 0.3) is 0 Å². The molecule has 0 radical (unpaired) electrons. The molecule has 9 heteroatoms. The summed E-state index contributed by atoms with van der Waals surface area (Å²) in [6, 6.07) is 11.8. The molecule has 1 atom stereocenters. The molecular weight excluding hydrogens is 459 g/mol. The highest BCUT2D eigenvalue weighted by atomic mass is 35.5. The van der Waals surface area contributed by atoms with Gasteiger partial charge in [-0.05, 0) is 42.7 Å². The Kier molecular flexibility index (Phi) is 8.00. The zero-order valence-corrected chi connectivity index (χ0v) is 19.2. The number of anilines is 1. The predicted octanol–water partition coefficient (Wildman–Crippen LogP) is 4.74. The van der Waals surface area contributed by atoms with Crippen molar-refractivity contribution >= 4 is 44.8 Å². The van der Waals surface area contributed by atoms with Gasteiger partial charge in [0.25, 0.3) is 0 Å². The van der Waals surface area contributed by atoms with Crippen LogP contribution < -0.4 is 10.1 Å². The van der Waals surface area contributed by atoms with Gasteiger partial charge < -0.3 is 10.1 Å². The van der Waals surface area contributed by atoms with Gasteiger partial charge in [0.1, 0.15) is 12.4 Å². The van der Waals surface area contributed by atoms with E-state index >= 15 is 0 Å². The van der Waals surface area contributed by atoms with Crippen LogP contribution >= 0.6 is 23.2 Å². The van der Waals surface area contributed by atoms with Gasteiger partial charge in [0.15, 0.2) is 0 Å². The van der Waals surface area contributed by atoms with Crippen molar-refractivity contribution in [3.63, 3.8) is 0 Å². The number of benzene rings is 2. The van der Waals surface area contributed by atoms with Gasteiger partial charge in [-0.15, -0.1) is 0 Å². The quantitative estimate of drug-likeness (QED) is 0.551.